The highest BCUT2D eigenvalue weighted by Gasteiger charge is 2.45. The van der Waals surface area contributed by atoms with Crippen LogP contribution in [0.2, 0.25) is 0 Å². The topological polar surface area (TPSA) is 63.4 Å². The maximum atomic E-state index is 12.3. The van der Waals surface area contributed by atoms with E-state index in [0.717, 1.165) is 6.42 Å². The molecule has 2 N–H and O–H groups in total. The average molecular weight is 254 g/mol. The van der Waals surface area contributed by atoms with Gasteiger partial charge in [0.05, 0.1) is 5.54 Å². The molecule has 4 heteroatoms. The van der Waals surface area contributed by atoms with Gasteiger partial charge in [-0.3, -0.25) is 14.5 Å². The van der Waals surface area contributed by atoms with E-state index >= 15 is 0 Å². The number of rotatable bonds is 4. The Balaban J connectivity index is 3.00. The summed E-state index contributed by atoms with van der Waals surface area (Å²) in [6.07, 6.45) is 1.60. The maximum Gasteiger partial charge on any atom is 0.230 e. The lowest BCUT2D eigenvalue weighted by Gasteiger charge is -2.45. The first-order chi connectivity index (χ1) is 8.11. The van der Waals surface area contributed by atoms with Gasteiger partial charge in [0, 0.05) is 19.4 Å². The largest absolute Gasteiger partial charge is 0.328 e. The van der Waals surface area contributed by atoms with E-state index in [-0.39, 0.29) is 17.2 Å². The van der Waals surface area contributed by atoms with Gasteiger partial charge in [0.2, 0.25) is 11.8 Å². The first-order valence-electron chi connectivity index (χ1n) is 6.67. The Bertz CT molecular complexity index is 330. The van der Waals surface area contributed by atoms with Gasteiger partial charge in [0.25, 0.3) is 0 Å². The monoisotopic (exact) mass is 254 g/mol. The van der Waals surface area contributed by atoms with Crippen LogP contribution in [-0.4, -0.2) is 28.8 Å². The third-order valence-electron chi connectivity index (χ3n) is 3.59. The standard InChI is InChI=1S/C14H26N2O2/c1-10(2)6-14(5,9-15)16-11(17)7-13(3,4)8-12(16)18/h10H,6-9,15H2,1-5H3. The Morgan fingerprint density at radius 3 is 2.06 bits per heavy atom. The first-order valence-corrected chi connectivity index (χ1v) is 6.67. The van der Waals surface area contributed by atoms with Crippen LogP contribution in [0.25, 0.3) is 0 Å². The molecule has 0 aromatic rings. The molecule has 1 saturated heterocycles. The fourth-order valence-corrected chi connectivity index (χ4v) is 2.93. The van der Waals surface area contributed by atoms with E-state index in [1.54, 1.807) is 0 Å². The van der Waals surface area contributed by atoms with Gasteiger partial charge in [-0.05, 0) is 24.7 Å². The SMILES string of the molecule is CC(C)CC(C)(CN)N1C(=O)CC(C)(C)CC1=O. The minimum atomic E-state index is -0.543. The highest BCUT2D eigenvalue weighted by molar-refractivity contribution is 5.99. The number of hydrogen-bond donors (Lipinski definition) is 1. The summed E-state index contributed by atoms with van der Waals surface area (Å²) in [4.78, 5) is 25.9. The van der Waals surface area contributed by atoms with Gasteiger partial charge in [0.15, 0.2) is 0 Å². The molecular weight excluding hydrogens is 228 g/mol. The molecule has 18 heavy (non-hydrogen) atoms. The molecule has 0 bridgehead atoms. The summed E-state index contributed by atoms with van der Waals surface area (Å²) in [5.74, 6) is 0.240. The van der Waals surface area contributed by atoms with Crippen molar-refractivity contribution >= 4 is 11.8 Å². The minimum Gasteiger partial charge on any atom is -0.328 e. The normalized spacial score (nSPS) is 23.4. The predicted octanol–water partition coefficient (Wildman–Crippen LogP) is 1.93. The number of carbonyl (C=O) groups is 2. The maximum absolute atomic E-state index is 12.3. The Morgan fingerprint density at radius 2 is 1.72 bits per heavy atom. The zero-order chi connectivity index (χ0) is 14.1. The zero-order valence-corrected chi connectivity index (χ0v) is 12.2. The molecule has 1 unspecified atom stereocenters. The number of hydrogen-bond acceptors (Lipinski definition) is 3. The Kier molecular flexibility index (Phi) is 4.21. The summed E-state index contributed by atoms with van der Waals surface area (Å²) in [6, 6.07) is 0. The number of nitrogens with two attached hydrogens (primary N) is 1. The predicted molar refractivity (Wildman–Crippen MR) is 71.8 cm³/mol. The molecule has 1 fully saturated rings. The number of likely N-dealkylation sites (tertiary alicyclic amines) is 1. The fraction of sp³-hybridized carbons (Fsp3) is 0.857. The van der Waals surface area contributed by atoms with Crippen molar-refractivity contribution in [3.8, 4) is 0 Å². The molecule has 4 nitrogen and oxygen atoms in total. The smallest absolute Gasteiger partial charge is 0.230 e. The van der Waals surface area contributed by atoms with Crippen LogP contribution in [0.15, 0.2) is 0 Å². The lowest BCUT2D eigenvalue weighted by Crippen LogP contribution is -2.60. The average Bonchev–Trinajstić information content (AvgIpc) is 2.12. The van der Waals surface area contributed by atoms with E-state index in [2.05, 4.69) is 13.8 Å². The Morgan fingerprint density at radius 1 is 1.28 bits per heavy atom. The second-order valence-corrected chi connectivity index (χ2v) is 6.94. The highest BCUT2D eigenvalue weighted by Crippen LogP contribution is 2.36. The molecule has 0 radical (unpaired) electrons. The molecule has 1 aliphatic rings. The molecule has 0 aromatic carbocycles. The quantitative estimate of drug-likeness (QED) is 0.780. The second kappa shape index (κ2) is 5.00. The van der Waals surface area contributed by atoms with E-state index in [4.69, 9.17) is 5.73 Å². The van der Waals surface area contributed by atoms with Gasteiger partial charge < -0.3 is 5.73 Å². The van der Waals surface area contributed by atoms with Crippen LogP contribution < -0.4 is 5.73 Å². The van der Waals surface area contributed by atoms with Gasteiger partial charge in [-0.25, -0.2) is 0 Å². The van der Waals surface area contributed by atoms with E-state index in [1.165, 1.54) is 4.90 Å². The number of piperidine rings is 1. The van der Waals surface area contributed by atoms with Gasteiger partial charge in [-0.1, -0.05) is 27.7 Å². The van der Waals surface area contributed by atoms with E-state index in [1.807, 2.05) is 20.8 Å². The van der Waals surface area contributed by atoms with Crippen molar-refractivity contribution < 1.29 is 9.59 Å². The highest BCUT2D eigenvalue weighted by atomic mass is 16.2. The van der Waals surface area contributed by atoms with Crippen molar-refractivity contribution in [2.45, 2.75) is 59.4 Å². The van der Waals surface area contributed by atoms with E-state index in [0.29, 0.717) is 25.3 Å². The van der Waals surface area contributed by atoms with Crippen LogP contribution >= 0.6 is 0 Å². The lowest BCUT2D eigenvalue weighted by molar-refractivity contribution is -0.160. The Hall–Kier alpha value is -0.900. The van der Waals surface area contributed by atoms with E-state index in [9.17, 15) is 9.59 Å². The number of nitrogens with zero attached hydrogens (tertiary/aromatic N) is 1. The molecule has 104 valence electrons. The van der Waals surface area contributed by atoms with Crippen LogP contribution in [0.1, 0.15) is 53.9 Å². The van der Waals surface area contributed by atoms with Crippen molar-refractivity contribution in [2.24, 2.45) is 17.1 Å². The summed E-state index contributed by atoms with van der Waals surface area (Å²) >= 11 is 0. The third-order valence-corrected chi connectivity index (χ3v) is 3.59. The molecular formula is C14H26N2O2. The first kappa shape index (κ1) is 15.2. The molecule has 1 rings (SSSR count). The molecule has 1 atom stereocenters. The van der Waals surface area contributed by atoms with Crippen LogP contribution in [0.3, 0.4) is 0 Å². The summed E-state index contributed by atoms with van der Waals surface area (Å²) in [5, 5.41) is 0. The summed E-state index contributed by atoms with van der Waals surface area (Å²) in [5.41, 5.74) is 5.07. The number of amides is 2. The molecule has 0 saturated carbocycles. The van der Waals surface area contributed by atoms with Gasteiger partial charge >= 0.3 is 0 Å². The molecule has 0 spiro atoms. The van der Waals surface area contributed by atoms with Crippen LogP contribution in [-0.2, 0) is 9.59 Å². The molecule has 1 heterocycles. The summed E-state index contributed by atoms with van der Waals surface area (Å²) in [6.45, 7) is 10.3. The zero-order valence-electron chi connectivity index (χ0n) is 12.2. The summed E-state index contributed by atoms with van der Waals surface area (Å²) < 4.78 is 0. The lowest BCUT2D eigenvalue weighted by atomic mass is 9.78. The molecule has 0 aliphatic carbocycles. The van der Waals surface area contributed by atoms with Crippen LogP contribution in [0.5, 0.6) is 0 Å². The van der Waals surface area contributed by atoms with Crippen molar-refractivity contribution in [1.82, 2.24) is 4.90 Å². The van der Waals surface area contributed by atoms with Crippen molar-refractivity contribution in [3.63, 3.8) is 0 Å². The molecule has 2 amide bonds. The number of carbonyl (C=O) groups excluding carboxylic acids is 2. The van der Waals surface area contributed by atoms with Crippen LogP contribution in [0.4, 0.5) is 0 Å². The van der Waals surface area contributed by atoms with Crippen LogP contribution in [0, 0.1) is 11.3 Å². The molecule has 0 aromatic heterocycles. The van der Waals surface area contributed by atoms with Crippen molar-refractivity contribution in [1.29, 1.82) is 0 Å². The third kappa shape index (κ3) is 3.10. The second-order valence-electron chi connectivity index (χ2n) is 6.94. The van der Waals surface area contributed by atoms with Crippen molar-refractivity contribution in [3.05, 3.63) is 0 Å². The fourth-order valence-electron chi connectivity index (χ4n) is 2.93. The summed E-state index contributed by atoms with van der Waals surface area (Å²) in [7, 11) is 0. The van der Waals surface area contributed by atoms with Gasteiger partial charge in [-0.15, -0.1) is 0 Å². The minimum absolute atomic E-state index is 0.0788. The van der Waals surface area contributed by atoms with E-state index < -0.39 is 5.54 Å². The molecule has 1 aliphatic heterocycles. The van der Waals surface area contributed by atoms with Crippen molar-refractivity contribution in [2.75, 3.05) is 6.54 Å². The number of imide groups is 1. The van der Waals surface area contributed by atoms with Gasteiger partial charge in [0.1, 0.15) is 0 Å². The Labute approximate surface area is 110 Å². The van der Waals surface area contributed by atoms with Gasteiger partial charge in [-0.2, -0.15) is 0 Å².